The van der Waals surface area contributed by atoms with Crippen LogP contribution in [-0.4, -0.2) is 42.9 Å². The number of hydrogen-bond donors (Lipinski definition) is 3. The van der Waals surface area contributed by atoms with E-state index in [1.165, 1.54) is 44.2 Å². The Labute approximate surface area is 205 Å². The van der Waals surface area contributed by atoms with Gasteiger partial charge in [0.1, 0.15) is 0 Å². The maximum atomic E-state index is 12.5. The van der Waals surface area contributed by atoms with Gasteiger partial charge in [0.15, 0.2) is 11.5 Å². The number of ether oxygens (including phenoxy) is 2. The van der Waals surface area contributed by atoms with Gasteiger partial charge in [-0.05, 0) is 60.7 Å². The third-order valence-corrected chi connectivity index (χ3v) is 5.96. The Balaban J connectivity index is 1.56. The number of methoxy groups -OCH3 is 2. The molecule has 0 aliphatic heterocycles. The van der Waals surface area contributed by atoms with Crippen molar-refractivity contribution in [3.05, 3.63) is 76.8 Å². The van der Waals surface area contributed by atoms with E-state index < -0.39 is 5.97 Å². The number of amides is 2. The number of halogens is 1. The van der Waals surface area contributed by atoms with Crippen molar-refractivity contribution in [2.24, 2.45) is 0 Å². The lowest BCUT2D eigenvalue weighted by atomic mass is 10.2. The summed E-state index contributed by atoms with van der Waals surface area (Å²) in [6.45, 7) is 0. The third kappa shape index (κ3) is 6.43. The van der Waals surface area contributed by atoms with Crippen molar-refractivity contribution in [2.75, 3.05) is 30.6 Å². The van der Waals surface area contributed by atoms with Gasteiger partial charge in [-0.3, -0.25) is 9.59 Å². The van der Waals surface area contributed by atoms with Crippen LogP contribution in [-0.2, 0) is 4.79 Å². The number of benzene rings is 3. The van der Waals surface area contributed by atoms with Crippen molar-refractivity contribution < 1.29 is 29.0 Å². The van der Waals surface area contributed by atoms with Gasteiger partial charge in [-0.1, -0.05) is 11.6 Å². The van der Waals surface area contributed by atoms with Crippen LogP contribution in [0, 0.1) is 0 Å². The van der Waals surface area contributed by atoms with Crippen molar-refractivity contribution in [1.29, 1.82) is 0 Å². The highest BCUT2D eigenvalue weighted by molar-refractivity contribution is 8.00. The Hall–Kier alpha value is -3.69. The Morgan fingerprint density at radius 1 is 0.882 bits per heavy atom. The first-order valence-electron chi connectivity index (χ1n) is 9.89. The number of hydrogen-bond acceptors (Lipinski definition) is 6. The number of anilines is 2. The maximum Gasteiger partial charge on any atom is 0.335 e. The lowest BCUT2D eigenvalue weighted by Gasteiger charge is -2.10. The van der Waals surface area contributed by atoms with Crippen molar-refractivity contribution in [1.82, 2.24) is 0 Å². The SMILES string of the molecule is COc1ccc(C(=O)Nc2ccc(SCC(=O)Nc3cc(C(=O)O)ccc3Cl)cc2)cc1OC. The second-order valence-electron chi connectivity index (χ2n) is 6.88. The van der Waals surface area contributed by atoms with Crippen molar-refractivity contribution in [3.8, 4) is 11.5 Å². The minimum atomic E-state index is -1.11. The van der Waals surface area contributed by atoms with Gasteiger partial charge in [-0.15, -0.1) is 11.8 Å². The zero-order valence-electron chi connectivity index (χ0n) is 18.3. The molecule has 0 bridgehead atoms. The number of thioether (sulfide) groups is 1. The second kappa shape index (κ2) is 11.4. The summed E-state index contributed by atoms with van der Waals surface area (Å²) >= 11 is 7.32. The Bertz CT molecular complexity index is 1220. The Kier molecular flexibility index (Phi) is 8.39. The second-order valence-corrected chi connectivity index (χ2v) is 8.34. The molecule has 3 aromatic carbocycles. The molecular formula is C24H21ClN2O6S. The molecular weight excluding hydrogens is 480 g/mol. The van der Waals surface area contributed by atoms with E-state index >= 15 is 0 Å². The monoisotopic (exact) mass is 500 g/mol. The minimum Gasteiger partial charge on any atom is -0.493 e. The van der Waals surface area contributed by atoms with E-state index in [2.05, 4.69) is 10.6 Å². The predicted octanol–water partition coefficient (Wildman–Crippen LogP) is 5.04. The van der Waals surface area contributed by atoms with E-state index in [0.29, 0.717) is 22.7 Å². The quantitative estimate of drug-likeness (QED) is 0.353. The predicted molar refractivity (Wildman–Crippen MR) is 132 cm³/mol. The largest absolute Gasteiger partial charge is 0.493 e. The van der Waals surface area contributed by atoms with E-state index in [9.17, 15) is 14.4 Å². The smallest absolute Gasteiger partial charge is 0.335 e. The first-order valence-corrected chi connectivity index (χ1v) is 11.3. The molecule has 0 aromatic heterocycles. The van der Waals surface area contributed by atoms with E-state index in [1.54, 1.807) is 42.5 Å². The number of nitrogens with one attached hydrogen (secondary N) is 2. The number of aromatic carboxylic acids is 1. The van der Waals surface area contributed by atoms with Crippen LogP contribution >= 0.6 is 23.4 Å². The highest BCUT2D eigenvalue weighted by Crippen LogP contribution is 2.28. The molecule has 0 saturated carbocycles. The molecule has 0 fully saturated rings. The molecule has 0 heterocycles. The van der Waals surface area contributed by atoms with E-state index in [4.69, 9.17) is 26.2 Å². The standard InChI is InChI=1S/C24H21ClN2O6S/c1-32-20-10-4-14(12-21(20)33-2)23(29)26-16-5-7-17(8-6-16)34-13-22(28)27-19-11-15(24(30)31)3-9-18(19)25/h3-12H,13H2,1-2H3,(H,26,29)(H,27,28)(H,30,31). The van der Waals surface area contributed by atoms with Crippen molar-refractivity contribution >= 4 is 52.5 Å². The molecule has 3 rings (SSSR count). The van der Waals surface area contributed by atoms with E-state index in [0.717, 1.165) is 4.90 Å². The maximum absolute atomic E-state index is 12.5. The number of rotatable bonds is 9. The fourth-order valence-corrected chi connectivity index (χ4v) is 3.77. The molecule has 3 N–H and O–H groups in total. The molecule has 3 aromatic rings. The minimum absolute atomic E-state index is 0.0260. The molecule has 10 heteroatoms. The molecule has 2 amide bonds. The highest BCUT2D eigenvalue weighted by atomic mass is 35.5. The van der Waals surface area contributed by atoms with Crippen LogP contribution in [0.25, 0.3) is 0 Å². The fourth-order valence-electron chi connectivity index (χ4n) is 2.90. The van der Waals surface area contributed by atoms with Gasteiger partial charge in [0.2, 0.25) is 5.91 Å². The summed E-state index contributed by atoms with van der Waals surface area (Å²) in [5, 5.41) is 14.7. The Morgan fingerprint density at radius 3 is 2.21 bits per heavy atom. The van der Waals surface area contributed by atoms with Gasteiger partial charge < -0.3 is 25.2 Å². The number of carbonyl (C=O) groups excluding carboxylic acids is 2. The molecule has 0 aliphatic carbocycles. The van der Waals surface area contributed by atoms with Crippen LogP contribution in [0.5, 0.6) is 11.5 Å². The summed E-state index contributed by atoms with van der Waals surface area (Å²) in [6, 6.07) is 16.0. The van der Waals surface area contributed by atoms with Gasteiger partial charge in [-0.2, -0.15) is 0 Å². The number of carboxylic acid groups (broad SMARTS) is 1. The van der Waals surface area contributed by atoms with Crippen LogP contribution in [0.4, 0.5) is 11.4 Å². The average molecular weight is 501 g/mol. The van der Waals surface area contributed by atoms with Crippen LogP contribution in [0.1, 0.15) is 20.7 Å². The van der Waals surface area contributed by atoms with Crippen molar-refractivity contribution in [2.45, 2.75) is 4.90 Å². The first-order chi connectivity index (χ1) is 16.3. The summed E-state index contributed by atoms with van der Waals surface area (Å²) in [5.41, 5.74) is 1.27. The number of carboxylic acids is 1. The normalized spacial score (nSPS) is 10.3. The zero-order valence-corrected chi connectivity index (χ0v) is 19.8. The molecule has 176 valence electrons. The van der Waals surface area contributed by atoms with E-state index in [-0.39, 0.29) is 33.8 Å². The van der Waals surface area contributed by atoms with Crippen LogP contribution in [0.2, 0.25) is 5.02 Å². The molecule has 0 unspecified atom stereocenters. The Morgan fingerprint density at radius 2 is 1.56 bits per heavy atom. The van der Waals surface area contributed by atoms with Gasteiger partial charge >= 0.3 is 5.97 Å². The fraction of sp³-hybridized carbons (Fsp3) is 0.125. The summed E-state index contributed by atoms with van der Waals surface area (Å²) in [7, 11) is 3.02. The summed E-state index contributed by atoms with van der Waals surface area (Å²) in [5.74, 6) is -0.677. The summed E-state index contributed by atoms with van der Waals surface area (Å²) in [6.07, 6.45) is 0. The molecule has 0 spiro atoms. The molecule has 0 atom stereocenters. The molecule has 34 heavy (non-hydrogen) atoms. The van der Waals surface area contributed by atoms with Gasteiger partial charge in [0.25, 0.3) is 5.91 Å². The van der Waals surface area contributed by atoms with Gasteiger partial charge in [0.05, 0.1) is 36.2 Å². The van der Waals surface area contributed by atoms with Crippen LogP contribution in [0.15, 0.2) is 65.6 Å². The van der Waals surface area contributed by atoms with Crippen molar-refractivity contribution in [3.63, 3.8) is 0 Å². The lowest BCUT2D eigenvalue weighted by Crippen LogP contribution is -2.15. The summed E-state index contributed by atoms with van der Waals surface area (Å²) < 4.78 is 10.4. The van der Waals surface area contributed by atoms with Crippen LogP contribution < -0.4 is 20.1 Å². The van der Waals surface area contributed by atoms with Crippen LogP contribution in [0.3, 0.4) is 0 Å². The molecule has 0 radical (unpaired) electrons. The highest BCUT2D eigenvalue weighted by Gasteiger charge is 2.12. The molecule has 0 aliphatic rings. The summed E-state index contributed by atoms with van der Waals surface area (Å²) in [4.78, 5) is 36.7. The lowest BCUT2D eigenvalue weighted by molar-refractivity contribution is -0.113. The zero-order chi connectivity index (χ0) is 24.7. The molecule has 8 nitrogen and oxygen atoms in total. The number of carbonyl (C=O) groups is 3. The average Bonchev–Trinajstić information content (AvgIpc) is 2.84. The topological polar surface area (TPSA) is 114 Å². The van der Waals surface area contributed by atoms with E-state index in [1.807, 2.05) is 0 Å². The van der Waals surface area contributed by atoms with Gasteiger partial charge in [0, 0.05) is 16.1 Å². The first kappa shape index (κ1) is 24.9. The molecule has 0 saturated heterocycles. The third-order valence-electron chi connectivity index (χ3n) is 4.62. The van der Waals surface area contributed by atoms with Gasteiger partial charge in [-0.25, -0.2) is 4.79 Å².